The second kappa shape index (κ2) is 6.18. The lowest BCUT2D eigenvalue weighted by molar-refractivity contribution is -0.137. The first-order chi connectivity index (χ1) is 8.02. The largest absolute Gasteiger partial charge is 0.481 e. The SMILES string of the molecule is CCc1cc(OCCC(=O)O)nc(C(C)C)n1. The van der Waals surface area contributed by atoms with E-state index < -0.39 is 5.97 Å². The summed E-state index contributed by atoms with van der Waals surface area (Å²) in [6, 6.07) is 1.76. The molecule has 0 saturated carbocycles. The maximum Gasteiger partial charge on any atom is 0.306 e. The third-order valence-electron chi connectivity index (χ3n) is 2.22. The van der Waals surface area contributed by atoms with Gasteiger partial charge in [-0.15, -0.1) is 0 Å². The molecule has 0 amide bonds. The van der Waals surface area contributed by atoms with Crippen LogP contribution in [0.3, 0.4) is 0 Å². The molecule has 0 bridgehead atoms. The van der Waals surface area contributed by atoms with Crippen molar-refractivity contribution in [3.8, 4) is 5.88 Å². The molecule has 0 aliphatic rings. The van der Waals surface area contributed by atoms with E-state index in [1.807, 2.05) is 20.8 Å². The molecule has 1 aromatic rings. The van der Waals surface area contributed by atoms with Gasteiger partial charge in [0.25, 0.3) is 0 Å². The Balaban J connectivity index is 2.76. The summed E-state index contributed by atoms with van der Waals surface area (Å²) in [5, 5.41) is 8.52. The Hall–Kier alpha value is -1.65. The van der Waals surface area contributed by atoms with Gasteiger partial charge in [0.15, 0.2) is 0 Å². The van der Waals surface area contributed by atoms with Crippen LogP contribution in [0.5, 0.6) is 5.88 Å². The van der Waals surface area contributed by atoms with Crippen LogP contribution in [0, 0.1) is 0 Å². The molecule has 17 heavy (non-hydrogen) atoms. The average Bonchev–Trinajstić information content (AvgIpc) is 2.28. The molecule has 1 rings (SSSR count). The van der Waals surface area contributed by atoms with Crippen LogP contribution < -0.4 is 4.74 Å². The Labute approximate surface area is 101 Å². The third kappa shape index (κ3) is 4.38. The molecule has 0 saturated heterocycles. The maximum atomic E-state index is 10.4. The van der Waals surface area contributed by atoms with Crippen LogP contribution in [0.4, 0.5) is 0 Å². The number of rotatable bonds is 6. The first-order valence-electron chi connectivity index (χ1n) is 5.75. The summed E-state index contributed by atoms with van der Waals surface area (Å²) in [5.41, 5.74) is 0.911. The number of ether oxygens (including phenoxy) is 1. The van der Waals surface area contributed by atoms with E-state index in [2.05, 4.69) is 9.97 Å². The second-order valence-corrected chi connectivity index (χ2v) is 4.06. The summed E-state index contributed by atoms with van der Waals surface area (Å²) in [6.45, 7) is 6.16. The molecule has 0 aromatic carbocycles. The summed E-state index contributed by atoms with van der Waals surface area (Å²) in [6.07, 6.45) is 0.778. The minimum Gasteiger partial charge on any atom is -0.481 e. The van der Waals surface area contributed by atoms with Gasteiger partial charge in [-0.3, -0.25) is 4.79 Å². The van der Waals surface area contributed by atoms with E-state index in [4.69, 9.17) is 9.84 Å². The lowest BCUT2D eigenvalue weighted by Crippen LogP contribution is -2.08. The monoisotopic (exact) mass is 238 g/mol. The molecule has 1 heterocycles. The molecule has 0 atom stereocenters. The highest BCUT2D eigenvalue weighted by molar-refractivity contribution is 5.66. The number of aryl methyl sites for hydroxylation is 1. The van der Waals surface area contributed by atoms with Gasteiger partial charge in [0.2, 0.25) is 5.88 Å². The zero-order valence-electron chi connectivity index (χ0n) is 10.4. The van der Waals surface area contributed by atoms with E-state index in [-0.39, 0.29) is 18.9 Å². The lowest BCUT2D eigenvalue weighted by Gasteiger charge is -2.09. The smallest absolute Gasteiger partial charge is 0.306 e. The summed E-state index contributed by atoms with van der Waals surface area (Å²) in [4.78, 5) is 19.0. The molecule has 0 spiro atoms. The van der Waals surface area contributed by atoms with Gasteiger partial charge in [0.05, 0.1) is 6.42 Å². The zero-order valence-corrected chi connectivity index (χ0v) is 10.4. The molecular formula is C12H18N2O3. The predicted octanol–water partition coefficient (Wildman–Crippen LogP) is 2.02. The van der Waals surface area contributed by atoms with E-state index in [1.54, 1.807) is 6.07 Å². The molecule has 5 nitrogen and oxygen atoms in total. The van der Waals surface area contributed by atoms with Crippen LogP contribution in [-0.4, -0.2) is 27.7 Å². The van der Waals surface area contributed by atoms with E-state index in [0.29, 0.717) is 5.88 Å². The van der Waals surface area contributed by atoms with Crippen molar-refractivity contribution >= 4 is 5.97 Å². The molecule has 0 fully saturated rings. The Kier molecular flexibility index (Phi) is 4.87. The quantitative estimate of drug-likeness (QED) is 0.820. The standard InChI is InChI=1S/C12H18N2O3/c1-4-9-7-10(17-6-5-11(15)16)14-12(13-9)8(2)3/h7-8H,4-6H2,1-3H3,(H,15,16). The lowest BCUT2D eigenvalue weighted by atomic mass is 10.2. The molecule has 0 aliphatic carbocycles. The number of nitrogens with zero attached hydrogens (tertiary/aromatic N) is 2. The van der Waals surface area contributed by atoms with E-state index >= 15 is 0 Å². The molecule has 1 aromatic heterocycles. The van der Waals surface area contributed by atoms with Crippen LogP contribution in [0.15, 0.2) is 6.07 Å². The van der Waals surface area contributed by atoms with Crippen molar-refractivity contribution in [3.63, 3.8) is 0 Å². The van der Waals surface area contributed by atoms with Gasteiger partial charge < -0.3 is 9.84 Å². The number of aliphatic carboxylic acids is 1. The van der Waals surface area contributed by atoms with Gasteiger partial charge in [0, 0.05) is 17.7 Å². The van der Waals surface area contributed by atoms with Crippen molar-refractivity contribution in [3.05, 3.63) is 17.6 Å². The van der Waals surface area contributed by atoms with Crippen molar-refractivity contribution < 1.29 is 14.6 Å². The predicted molar refractivity (Wildman–Crippen MR) is 63.2 cm³/mol. The summed E-state index contributed by atoms with van der Waals surface area (Å²) in [7, 11) is 0. The molecule has 0 aliphatic heterocycles. The molecule has 5 heteroatoms. The zero-order chi connectivity index (χ0) is 12.8. The molecule has 0 radical (unpaired) electrons. The van der Waals surface area contributed by atoms with Gasteiger partial charge in [-0.2, -0.15) is 4.98 Å². The van der Waals surface area contributed by atoms with E-state index in [1.165, 1.54) is 0 Å². The normalized spacial score (nSPS) is 10.6. The first kappa shape index (κ1) is 13.4. The van der Waals surface area contributed by atoms with Crippen LogP contribution in [0.2, 0.25) is 0 Å². The second-order valence-electron chi connectivity index (χ2n) is 4.06. The number of hydrogen-bond acceptors (Lipinski definition) is 4. The van der Waals surface area contributed by atoms with Crippen molar-refractivity contribution in [2.24, 2.45) is 0 Å². The number of hydrogen-bond donors (Lipinski definition) is 1. The van der Waals surface area contributed by atoms with Crippen LogP contribution in [0.1, 0.15) is 44.6 Å². The molecule has 94 valence electrons. The minimum absolute atomic E-state index is 0.0253. The first-order valence-corrected chi connectivity index (χ1v) is 5.75. The number of aromatic nitrogens is 2. The van der Waals surface area contributed by atoms with Gasteiger partial charge in [-0.05, 0) is 6.42 Å². The minimum atomic E-state index is -0.876. The Morgan fingerprint density at radius 2 is 2.18 bits per heavy atom. The summed E-state index contributed by atoms with van der Waals surface area (Å²) >= 11 is 0. The fourth-order valence-corrected chi connectivity index (χ4v) is 1.25. The van der Waals surface area contributed by atoms with Crippen LogP contribution in [-0.2, 0) is 11.2 Å². The van der Waals surface area contributed by atoms with Crippen LogP contribution in [0.25, 0.3) is 0 Å². The highest BCUT2D eigenvalue weighted by Gasteiger charge is 2.08. The van der Waals surface area contributed by atoms with Crippen molar-refractivity contribution in [2.75, 3.05) is 6.61 Å². The fourth-order valence-electron chi connectivity index (χ4n) is 1.25. The summed E-state index contributed by atoms with van der Waals surface area (Å²) in [5.74, 6) is 0.540. The fraction of sp³-hybridized carbons (Fsp3) is 0.583. The van der Waals surface area contributed by atoms with Gasteiger partial charge >= 0.3 is 5.97 Å². The maximum absolute atomic E-state index is 10.4. The Morgan fingerprint density at radius 1 is 1.47 bits per heavy atom. The Morgan fingerprint density at radius 3 is 2.71 bits per heavy atom. The molecule has 1 N–H and O–H groups in total. The molecular weight excluding hydrogens is 220 g/mol. The molecule has 0 unspecified atom stereocenters. The van der Waals surface area contributed by atoms with E-state index in [9.17, 15) is 4.79 Å². The highest BCUT2D eigenvalue weighted by atomic mass is 16.5. The number of carboxylic acids is 1. The van der Waals surface area contributed by atoms with Crippen molar-refractivity contribution in [2.45, 2.75) is 39.5 Å². The van der Waals surface area contributed by atoms with Crippen molar-refractivity contribution in [1.82, 2.24) is 9.97 Å². The summed E-state index contributed by atoms with van der Waals surface area (Å²) < 4.78 is 5.32. The number of carbonyl (C=O) groups is 1. The van der Waals surface area contributed by atoms with Crippen molar-refractivity contribution in [1.29, 1.82) is 0 Å². The van der Waals surface area contributed by atoms with Crippen LogP contribution >= 0.6 is 0 Å². The third-order valence-corrected chi connectivity index (χ3v) is 2.22. The number of carboxylic acid groups (broad SMARTS) is 1. The average molecular weight is 238 g/mol. The highest BCUT2D eigenvalue weighted by Crippen LogP contribution is 2.16. The van der Waals surface area contributed by atoms with Gasteiger partial charge in [0.1, 0.15) is 12.4 Å². The topological polar surface area (TPSA) is 72.3 Å². The van der Waals surface area contributed by atoms with E-state index in [0.717, 1.165) is 17.9 Å². The Bertz CT molecular complexity index is 391. The van der Waals surface area contributed by atoms with Gasteiger partial charge in [-0.25, -0.2) is 4.98 Å². The van der Waals surface area contributed by atoms with Gasteiger partial charge in [-0.1, -0.05) is 20.8 Å².